The lowest BCUT2D eigenvalue weighted by Gasteiger charge is -2.08. The molecule has 0 bridgehead atoms. The lowest BCUT2D eigenvalue weighted by Crippen LogP contribution is -2.10. The molecular formula is C20H18N2O4S. The maximum absolute atomic E-state index is 12.6. The molecule has 2 heterocycles. The predicted octanol–water partition coefficient (Wildman–Crippen LogP) is 4.40. The molecule has 138 valence electrons. The first-order chi connectivity index (χ1) is 13.0. The Kier molecular flexibility index (Phi) is 5.71. The van der Waals surface area contributed by atoms with Crippen LogP contribution in [0.1, 0.15) is 44.7 Å². The maximum Gasteiger partial charge on any atom is 0.346 e. The van der Waals surface area contributed by atoms with Crippen molar-refractivity contribution in [3.8, 4) is 5.75 Å². The summed E-state index contributed by atoms with van der Waals surface area (Å²) in [5.41, 5.74) is 2.76. The Morgan fingerprint density at radius 1 is 1.15 bits per heavy atom. The van der Waals surface area contributed by atoms with Crippen LogP contribution in [-0.4, -0.2) is 21.9 Å². The number of benzene rings is 1. The van der Waals surface area contributed by atoms with Gasteiger partial charge < -0.3 is 9.26 Å². The van der Waals surface area contributed by atoms with Gasteiger partial charge in [0.1, 0.15) is 16.5 Å². The maximum atomic E-state index is 12.6. The molecule has 0 spiro atoms. The molecule has 1 aromatic carbocycles. The largest absolute Gasteiger partial charge is 0.423 e. The molecule has 27 heavy (non-hydrogen) atoms. The highest BCUT2D eigenvalue weighted by Gasteiger charge is 2.17. The topological polar surface area (TPSA) is 82.3 Å². The molecule has 0 radical (unpaired) electrons. The van der Waals surface area contributed by atoms with Crippen molar-refractivity contribution in [3.05, 3.63) is 70.7 Å². The van der Waals surface area contributed by atoms with E-state index >= 15 is 0 Å². The van der Waals surface area contributed by atoms with Crippen molar-refractivity contribution >= 4 is 23.5 Å². The minimum Gasteiger partial charge on any atom is -0.423 e. The number of pyridine rings is 1. The fourth-order valence-electron chi connectivity index (χ4n) is 2.43. The summed E-state index contributed by atoms with van der Waals surface area (Å²) >= 11 is 1.42. The number of ketones is 1. The van der Waals surface area contributed by atoms with Crippen LogP contribution in [0, 0.1) is 13.8 Å². The highest BCUT2D eigenvalue weighted by atomic mass is 32.2. The molecule has 3 aromatic rings. The van der Waals surface area contributed by atoms with Gasteiger partial charge in [-0.2, -0.15) is 0 Å². The minimum atomic E-state index is -0.500. The minimum absolute atomic E-state index is 0.0434. The van der Waals surface area contributed by atoms with Crippen LogP contribution in [0.5, 0.6) is 5.75 Å². The number of hydrogen-bond acceptors (Lipinski definition) is 7. The molecule has 0 fully saturated rings. The molecule has 6 nitrogen and oxygen atoms in total. The molecule has 3 rings (SSSR count). The van der Waals surface area contributed by atoms with Crippen LogP contribution in [0.3, 0.4) is 0 Å². The number of esters is 1. The number of carbonyl (C=O) groups is 2. The third-order valence-electron chi connectivity index (χ3n) is 4.00. The zero-order chi connectivity index (χ0) is 19.4. The predicted molar refractivity (Wildman–Crippen MR) is 101 cm³/mol. The van der Waals surface area contributed by atoms with E-state index in [9.17, 15) is 9.59 Å². The first-order valence-corrected chi connectivity index (χ1v) is 9.27. The van der Waals surface area contributed by atoms with Gasteiger partial charge in [0.2, 0.25) is 0 Å². The number of aryl methyl sites for hydroxylation is 2. The SMILES string of the molecule is CC(=O)c1ccc(OC(=O)c2cccnc2SCc2c(C)noc2C)cc1. The molecule has 0 aliphatic heterocycles. The first kappa shape index (κ1) is 18.8. The summed E-state index contributed by atoms with van der Waals surface area (Å²) in [6.07, 6.45) is 1.63. The highest BCUT2D eigenvalue weighted by Crippen LogP contribution is 2.28. The third-order valence-corrected chi connectivity index (χ3v) is 5.03. The van der Waals surface area contributed by atoms with Crippen molar-refractivity contribution in [2.24, 2.45) is 0 Å². The van der Waals surface area contributed by atoms with Crippen molar-refractivity contribution < 1.29 is 18.8 Å². The molecule has 0 saturated heterocycles. The molecule has 0 unspecified atom stereocenters. The van der Waals surface area contributed by atoms with Gasteiger partial charge in [0.05, 0.1) is 11.3 Å². The van der Waals surface area contributed by atoms with Crippen molar-refractivity contribution in [3.63, 3.8) is 0 Å². The zero-order valence-electron chi connectivity index (χ0n) is 15.2. The number of rotatable bonds is 6. The summed E-state index contributed by atoms with van der Waals surface area (Å²) in [4.78, 5) is 28.2. The average molecular weight is 382 g/mol. The second kappa shape index (κ2) is 8.18. The van der Waals surface area contributed by atoms with Gasteiger partial charge in [0.25, 0.3) is 0 Å². The second-order valence-corrected chi connectivity index (χ2v) is 6.88. The van der Waals surface area contributed by atoms with Gasteiger partial charge in [-0.25, -0.2) is 9.78 Å². The van der Waals surface area contributed by atoms with Crippen LogP contribution >= 0.6 is 11.8 Å². The number of ether oxygens (including phenoxy) is 1. The summed E-state index contributed by atoms with van der Waals surface area (Å²) in [5, 5.41) is 4.51. The Bertz CT molecular complexity index is 960. The molecular weight excluding hydrogens is 364 g/mol. The van der Waals surface area contributed by atoms with Crippen LogP contribution in [-0.2, 0) is 5.75 Å². The monoisotopic (exact) mass is 382 g/mol. The average Bonchev–Trinajstić information content (AvgIpc) is 2.98. The van der Waals surface area contributed by atoms with E-state index in [1.165, 1.54) is 18.7 Å². The lowest BCUT2D eigenvalue weighted by molar-refractivity contribution is 0.0730. The normalized spacial score (nSPS) is 10.6. The van der Waals surface area contributed by atoms with Gasteiger partial charge in [-0.1, -0.05) is 5.16 Å². The van der Waals surface area contributed by atoms with E-state index in [-0.39, 0.29) is 5.78 Å². The first-order valence-electron chi connectivity index (χ1n) is 8.28. The van der Waals surface area contributed by atoms with E-state index < -0.39 is 5.97 Å². The zero-order valence-corrected chi connectivity index (χ0v) is 16.0. The standard InChI is InChI=1S/C20H18N2O4S/c1-12-18(14(3)26-22-12)11-27-19-17(5-4-10-21-19)20(24)25-16-8-6-15(7-9-16)13(2)23/h4-10H,11H2,1-3H3. The van der Waals surface area contributed by atoms with E-state index in [2.05, 4.69) is 10.1 Å². The third kappa shape index (κ3) is 4.43. The molecule has 7 heteroatoms. The number of Topliss-reactive ketones (excluding diaryl/α,β-unsaturated/α-hetero) is 1. The van der Waals surface area contributed by atoms with Gasteiger partial charge in [-0.15, -0.1) is 11.8 Å². The Morgan fingerprint density at radius 2 is 1.89 bits per heavy atom. The van der Waals surface area contributed by atoms with Crippen molar-refractivity contribution in [1.29, 1.82) is 0 Å². The smallest absolute Gasteiger partial charge is 0.346 e. The van der Waals surface area contributed by atoms with Crippen LogP contribution < -0.4 is 4.74 Å². The molecule has 0 amide bonds. The van der Waals surface area contributed by atoms with Crippen LogP contribution in [0.15, 0.2) is 52.1 Å². The fraction of sp³-hybridized carbons (Fsp3) is 0.200. The van der Waals surface area contributed by atoms with Gasteiger partial charge in [-0.05, 0) is 57.2 Å². The summed E-state index contributed by atoms with van der Waals surface area (Å²) in [6.45, 7) is 5.22. The van der Waals surface area contributed by atoms with E-state index in [0.717, 1.165) is 17.0 Å². The second-order valence-electron chi connectivity index (χ2n) is 5.92. The van der Waals surface area contributed by atoms with Gasteiger partial charge >= 0.3 is 5.97 Å². The fourth-order valence-corrected chi connectivity index (χ4v) is 3.56. The number of carbonyl (C=O) groups excluding carboxylic acids is 2. The number of aromatic nitrogens is 2. The summed E-state index contributed by atoms with van der Waals surface area (Å²) in [5.74, 6) is 1.17. The molecule has 0 saturated carbocycles. The van der Waals surface area contributed by atoms with Gasteiger partial charge in [0, 0.05) is 23.1 Å². The van der Waals surface area contributed by atoms with E-state index in [1.807, 2.05) is 13.8 Å². The summed E-state index contributed by atoms with van der Waals surface area (Å²) in [7, 11) is 0. The van der Waals surface area contributed by atoms with Crippen LogP contribution in [0.2, 0.25) is 0 Å². The summed E-state index contributed by atoms with van der Waals surface area (Å²) in [6, 6.07) is 9.82. The molecule has 0 aliphatic carbocycles. The number of nitrogens with zero attached hydrogens (tertiary/aromatic N) is 2. The summed E-state index contributed by atoms with van der Waals surface area (Å²) < 4.78 is 10.6. The molecule has 0 atom stereocenters. The Hall–Kier alpha value is -2.93. The molecule has 0 aliphatic rings. The highest BCUT2D eigenvalue weighted by molar-refractivity contribution is 7.98. The molecule has 2 aromatic heterocycles. The van der Waals surface area contributed by atoms with Crippen molar-refractivity contribution in [2.75, 3.05) is 0 Å². The van der Waals surface area contributed by atoms with E-state index in [1.54, 1.807) is 42.6 Å². The number of hydrogen-bond donors (Lipinski definition) is 0. The van der Waals surface area contributed by atoms with E-state index in [4.69, 9.17) is 9.26 Å². The lowest BCUT2D eigenvalue weighted by atomic mass is 10.1. The Balaban J connectivity index is 1.74. The van der Waals surface area contributed by atoms with Crippen molar-refractivity contribution in [2.45, 2.75) is 31.6 Å². The van der Waals surface area contributed by atoms with Gasteiger partial charge in [-0.3, -0.25) is 4.79 Å². The van der Waals surface area contributed by atoms with Crippen LogP contribution in [0.25, 0.3) is 0 Å². The Morgan fingerprint density at radius 3 is 2.52 bits per heavy atom. The Labute approximate surface area is 160 Å². The van der Waals surface area contributed by atoms with E-state index in [0.29, 0.717) is 27.7 Å². The molecule has 0 N–H and O–H groups in total. The van der Waals surface area contributed by atoms with Gasteiger partial charge in [0.15, 0.2) is 5.78 Å². The van der Waals surface area contributed by atoms with Crippen LogP contribution in [0.4, 0.5) is 0 Å². The number of thioether (sulfide) groups is 1. The quantitative estimate of drug-likeness (QED) is 0.270. The van der Waals surface area contributed by atoms with Crippen molar-refractivity contribution in [1.82, 2.24) is 10.1 Å².